The fraction of sp³-hybridized carbons (Fsp3) is 0.222. The zero-order valence-electron chi connectivity index (χ0n) is 13.7. The average molecular weight is 327 g/mol. The molecule has 2 aromatic rings. The van der Waals surface area contributed by atoms with Gasteiger partial charge in [0.05, 0.1) is 6.10 Å². The number of anilines is 2. The molecule has 0 spiro atoms. The van der Waals surface area contributed by atoms with Crippen LogP contribution in [0.4, 0.5) is 16.2 Å². The molecule has 0 bridgehead atoms. The third-order valence-corrected chi connectivity index (χ3v) is 3.38. The van der Waals surface area contributed by atoms with Crippen molar-refractivity contribution in [1.82, 2.24) is 5.32 Å². The summed E-state index contributed by atoms with van der Waals surface area (Å²) in [5.74, 6) is -0.154. The second-order valence-corrected chi connectivity index (χ2v) is 5.52. The third kappa shape index (κ3) is 5.40. The van der Waals surface area contributed by atoms with E-state index in [0.29, 0.717) is 11.4 Å². The molecule has 126 valence electrons. The van der Waals surface area contributed by atoms with E-state index in [1.807, 2.05) is 31.2 Å². The number of carbonyl (C=O) groups excluding carboxylic acids is 2. The number of urea groups is 1. The molecule has 1 unspecified atom stereocenters. The van der Waals surface area contributed by atoms with Gasteiger partial charge in [0.15, 0.2) is 0 Å². The van der Waals surface area contributed by atoms with Gasteiger partial charge in [-0.05, 0) is 36.8 Å². The molecule has 0 fully saturated rings. The molecule has 0 aliphatic carbocycles. The van der Waals surface area contributed by atoms with E-state index >= 15 is 0 Å². The third-order valence-electron chi connectivity index (χ3n) is 3.38. The lowest BCUT2D eigenvalue weighted by Gasteiger charge is -2.13. The maximum absolute atomic E-state index is 11.9. The Morgan fingerprint density at radius 3 is 2.04 bits per heavy atom. The number of aliphatic hydroxyl groups is 1. The van der Waals surface area contributed by atoms with Crippen molar-refractivity contribution < 1.29 is 14.7 Å². The predicted octanol–water partition coefficient (Wildman–Crippen LogP) is 2.81. The molecule has 0 saturated carbocycles. The largest absolute Gasteiger partial charge is 0.387 e. The average Bonchev–Trinajstić information content (AvgIpc) is 2.54. The second kappa shape index (κ2) is 8.12. The molecular formula is C18H21N3O3. The molecule has 24 heavy (non-hydrogen) atoms. The molecule has 6 heteroatoms. The van der Waals surface area contributed by atoms with Crippen LogP contribution in [-0.2, 0) is 4.79 Å². The SMILES string of the molecule is CC(=O)Nc1ccc(NC(=O)NCC(O)c2ccc(C)cc2)cc1. The van der Waals surface area contributed by atoms with Crippen LogP contribution in [0.1, 0.15) is 24.2 Å². The summed E-state index contributed by atoms with van der Waals surface area (Å²) in [6, 6.07) is 13.8. The minimum atomic E-state index is -0.765. The lowest BCUT2D eigenvalue weighted by molar-refractivity contribution is -0.114. The summed E-state index contributed by atoms with van der Waals surface area (Å²) in [5, 5.41) is 18.0. The Hall–Kier alpha value is -2.86. The van der Waals surface area contributed by atoms with Crippen LogP contribution < -0.4 is 16.0 Å². The number of carbonyl (C=O) groups is 2. The Morgan fingerprint density at radius 1 is 0.958 bits per heavy atom. The van der Waals surface area contributed by atoms with Gasteiger partial charge in [-0.2, -0.15) is 0 Å². The molecule has 0 radical (unpaired) electrons. The van der Waals surface area contributed by atoms with E-state index in [9.17, 15) is 14.7 Å². The topological polar surface area (TPSA) is 90.5 Å². The van der Waals surface area contributed by atoms with E-state index in [-0.39, 0.29) is 12.5 Å². The van der Waals surface area contributed by atoms with Crippen LogP contribution in [0.15, 0.2) is 48.5 Å². The fourth-order valence-corrected chi connectivity index (χ4v) is 2.11. The number of rotatable bonds is 5. The standard InChI is InChI=1S/C18H21N3O3/c1-12-3-5-14(6-4-12)17(23)11-19-18(24)21-16-9-7-15(8-10-16)20-13(2)22/h3-10,17,23H,11H2,1-2H3,(H,20,22)(H2,19,21,24). The summed E-state index contributed by atoms with van der Waals surface area (Å²) in [6.07, 6.45) is -0.765. The summed E-state index contributed by atoms with van der Waals surface area (Å²) >= 11 is 0. The Kier molecular flexibility index (Phi) is 5.92. The normalized spacial score (nSPS) is 11.5. The zero-order chi connectivity index (χ0) is 17.5. The van der Waals surface area contributed by atoms with Crippen molar-refractivity contribution in [3.63, 3.8) is 0 Å². The molecule has 1 atom stereocenters. The first-order chi connectivity index (χ1) is 11.4. The highest BCUT2D eigenvalue weighted by atomic mass is 16.3. The quantitative estimate of drug-likeness (QED) is 0.680. The first-order valence-electron chi connectivity index (χ1n) is 7.61. The number of aliphatic hydroxyl groups excluding tert-OH is 1. The van der Waals surface area contributed by atoms with Gasteiger partial charge in [0, 0.05) is 24.8 Å². The molecule has 0 saturated heterocycles. The molecule has 2 aromatic carbocycles. The van der Waals surface area contributed by atoms with Crippen molar-refractivity contribution in [3.05, 3.63) is 59.7 Å². The lowest BCUT2D eigenvalue weighted by atomic mass is 10.1. The Morgan fingerprint density at radius 2 is 1.50 bits per heavy atom. The molecule has 4 N–H and O–H groups in total. The number of hydrogen-bond donors (Lipinski definition) is 4. The van der Waals surface area contributed by atoms with Crippen molar-refractivity contribution in [2.45, 2.75) is 20.0 Å². The first-order valence-corrected chi connectivity index (χ1v) is 7.61. The van der Waals surface area contributed by atoms with Crippen molar-refractivity contribution >= 4 is 23.3 Å². The van der Waals surface area contributed by atoms with Crippen molar-refractivity contribution in [2.75, 3.05) is 17.2 Å². The highest BCUT2D eigenvalue weighted by molar-refractivity contribution is 5.91. The minimum absolute atomic E-state index is 0.110. The van der Waals surface area contributed by atoms with Gasteiger partial charge in [0.2, 0.25) is 5.91 Å². The highest BCUT2D eigenvalue weighted by Crippen LogP contribution is 2.14. The van der Waals surface area contributed by atoms with E-state index in [0.717, 1.165) is 11.1 Å². The number of aryl methyl sites for hydroxylation is 1. The van der Waals surface area contributed by atoms with Crippen molar-refractivity contribution in [1.29, 1.82) is 0 Å². The Balaban J connectivity index is 1.82. The monoisotopic (exact) mass is 327 g/mol. The van der Waals surface area contributed by atoms with Crippen LogP contribution in [0.5, 0.6) is 0 Å². The molecular weight excluding hydrogens is 306 g/mol. The van der Waals surface area contributed by atoms with Crippen molar-refractivity contribution in [2.24, 2.45) is 0 Å². The molecule has 0 aromatic heterocycles. The smallest absolute Gasteiger partial charge is 0.319 e. The molecule has 6 nitrogen and oxygen atoms in total. The number of amides is 3. The first kappa shape index (κ1) is 17.5. The lowest BCUT2D eigenvalue weighted by Crippen LogP contribution is -2.32. The van der Waals surface area contributed by atoms with Crippen molar-refractivity contribution in [3.8, 4) is 0 Å². The van der Waals surface area contributed by atoms with Crippen LogP contribution >= 0.6 is 0 Å². The van der Waals surface area contributed by atoms with Gasteiger partial charge in [-0.15, -0.1) is 0 Å². The summed E-state index contributed by atoms with van der Waals surface area (Å²) in [6.45, 7) is 3.51. The maximum Gasteiger partial charge on any atom is 0.319 e. The Labute approximate surface area is 140 Å². The van der Waals surface area contributed by atoms with Gasteiger partial charge < -0.3 is 21.1 Å². The van der Waals surface area contributed by atoms with Gasteiger partial charge in [-0.3, -0.25) is 4.79 Å². The van der Waals surface area contributed by atoms with Gasteiger partial charge in [0.1, 0.15) is 0 Å². The van der Waals surface area contributed by atoms with Crippen LogP contribution in [0.25, 0.3) is 0 Å². The van der Waals surface area contributed by atoms with E-state index in [4.69, 9.17) is 0 Å². The summed E-state index contributed by atoms with van der Waals surface area (Å²) < 4.78 is 0. The zero-order valence-corrected chi connectivity index (χ0v) is 13.7. The van der Waals surface area contributed by atoms with Crippen LogP contribution in [0.3, 0.4) is 0 Å². The highest BCUT2D eigenvalue weighted by Gasteiger charge is 2.09. The number of benzene rings is 2. The van der Waals surface area contributed by atoms with Gasteiger partial charge in [-0.25, -0.2) is 4.79 Å². The second-order valence-electron chi connectivity index (χ2n) is 5.52. The molecule has 3 amide bonds. The van der Waals surface area contributed by atoms with E-state index < -0.39 is 12.1 Å². The van der Waals surface area contributed by atoms with Gasteiger partial charge >= 0.3 is 6.03 Å². The van der Waals surface area contributed by atoms with E-state index in [1.54, 1.807) is 24.3 Å². The predicted molar refractivity (Wildman–Crippen MR) is 93.9 cm³/mol. The summed E-state index contributed by atoms with van der Waals surface area (Å²) in [7, 11) is 0. The maximum atomic E-state index is 11.9. The van der Waals surface area contributed by atoms with Crippen LogP contribution in [0.2, 0.25) is 0 Å². The number of nitrogens with one attached hydrogen (secondary N) is 3. The van der Waals surface area contributed by atoms with E-state index in [1.165, 1.54) is 6.92 Å². The minimum Gasteiger partial charge on any atom is -0.387 e. The molecule has 0 heterocycles. The molecule has 0 aliphatic rings. The number of hydrogen-bond acceptors (Lipinski definition) is 3. The van der Waals surface area contributed by atoms with Crippen LogP contribution in [0, 0.1) is 6.92 Å². The van der Waals surface area contributed by atoms with E-state index in [2.05, 4.69) is 16.0 Å². The summed E-state index contributed by atoms with van der Waals surface area (Å²) in [5.41, 5.74) is 3.11. The van der Waals surface area contributed by atoms with Crippen LogP contribution in [-0.4, -0.2) is 23.6 Å². The van der Waals surface area contributed by atoms with Gasteiger partial charge in [0.25, 0.3) is 0 Å². The fourth-order valence-electron chi connectivity index (χ4n) is 2.11. The summed E-state index contributed by atoms with van der Waals surface area (Å²) in [4.78, 5) is 22.8. The molecule has 2 rings (SSSR count). The molecule has 0 aliphatic heterocycles. The van der Waals surface area contributed by atoms with Gasteiger partial charge in [-0.1, -0.05) is 29.8 Å². The Bertz CT molecular complexity index is 696.